The van der Waals surface area contributed by atoms with E-state index >= 15 is 0 Å². The highest BCUT2D eigenvalue weighted by atomic mass is 35.5. The summed E-state index contributed by atoms with van der Waals surface area (Å²) >= 11 is 11.9. The first-order chi connectivity index (χ1) is 8.02. The lowest BCUT2D eigenvalue weighted by Crippen LogP contribution is -2.33. The van der Waals surface area contributed by atoms with Crippen LogP contribution in [0.1, 0.15) is 25.8 Å². The van der Waals surface area contributed by atoms with Gasteiger partial charge in [-0.15, -0.1) is 0 Å². The Kier molecular flexibility index (Phi) is 6.28. The van der Waals surface area contributed by atoms with Crippen LogP contribution in [0.4, 0.5) is 0 Å². The van der Waals surface area contributed by atoms with Crippen LogP contribution < -0.4 is 5.32 Å². The minimum Gasteiger partial charge on any atom is -0.395 e. The van der Waals surface area contributed by atoms with E-state index < -0.39 is 0 Å². The van der Waals surface area contributed by atoms with Crippen molar-refractivity contribution < 1.29 is 5.11 Å². The molecule has 0 saturated heterocycles. The van der Waals surface area contributed by atoms with E-state index in [2.05, 4.69) is 19.2 Å². The highest BCUT2D eigenvalue weighted by Crippen LogP contribution is 2.21. The third-order valence-corrected chi connectivity index (χ3v) is 3.16. The first kappa shape index (κ1) is 14.8. The number of rotatable bonds is 6. The van der Waals surface area contributed by atoms with Crippen molar-refractivity contribution in [1.29, 1.82) is 0 Å². The van der Waals surface area contributed by atoms with Crippen LogP contribution in [0.5, 0.6) is 0 Å². The zero-order valence-electron chi connectivity index (χ0n) is 10.2. The second-order valence-corrected chi connectivity index (χ2v) is 5.47. The molecule has 0 fully saturated rings. The molecular weight excluding hydrogens is 257 g/mol. The number of aliphatic hydroxyl groups is 1. The van der Waals surface area contributed by atoms with Crippen LogP contribution in [-0.4, -0.2) is 17.8 Å². The molecule has 0 spiro atoms. The van der Waals surface area contributed by atoms with E-state index in [1.807, 2.05) is 12.1 Å². The van der Waals surface area contributed by atoms with E-state index in [4.69, 9.17) is 23.2 Å². The Bertz CT molecular complexity index is 355. The molecule has 1 aromatic carbocycles. The van der Waals surface area contributed by atoms with E-state index in [1.165, 1.54) is 0 Å². The summed E-state index contributed by atoms with van der Waals surface area (Å²) < 4.78 is 0. The Hall–Kier alpha value is -0.280. The molecule has 0 aliphatic heterocycles. The number of benzene rings is 1. The number of halogens is 2. The van der Waals surface area contributed by atoms with Gasteiger partial charge >= 0.3 is 0 Å². The number of aliphatic hydroxyl groups excluding tert-OH is 1. The lowest BCUT2D eigenvalue weighted by Gasteiger charge is -2.18. The Balaban J connectivity index is 2.53. The van der Waals surface area contributed by atoms with E-state index in [1.54, 1.807) is 6.07 Å². The highest BCUT2D eigenvalue weighted by molar-refractivity contribution is 6.35. The van der Waals surface area contributed by atoms with Crippen LogP contribution in [0.25, 0.3) is 0 Å². The van der Waals surface area contributed by atoms with Crippen molar-refractivity contribution in [2.45, 2.75) is 32.9 Å². The van der Waals surface area contributed by atoms with Gasteiger partial charge < -0.3 is 10.4 Å². The minimum atomic E-state index is 0.113. The van der Waals surface area contributed by atoms with Gasteiger partial charge in [0.1, 0.15) is 0 Å². The van der Waals surface area contributed by atoms with Gasteiger partial charge in [-0.25, -0.2) is 0 Å². The number of hydrogen-bond acceptors (Lipinski definition) is 2. The third kappa shape index (κ3) is 5.26. The van der Waals surface area contributed by atoms with Gasteiger partial charge in [-0.1, -0.05) is 43.1 Å². The lowest BCUT2D eigenvalue weighted by atomic mass is 10.0. The van der Waals surface area contributed by atoms with Crippen molar-refractivity contribution in [1.82, 2.24) is 5.32 Å². The van der Waals surface area contributed by atoms with E-state index in [-0.39, 0.29) is 12.6 Å². The van der Waals surface area contributed by atoms with Gasteiger partial charge in [0.15, 0.2) is 0 Å². The monoisotopic (exact) mass is 275 g/mol. The summed E-state index contributed by atoms with van der Waals surface area (Å²) in [5, 5.41) is 13.8. The van der Waals surface area contributed by atoms with Crippen LogP contribution in [0.15, 0.2) is 18.2 Å². The minimum absolute atomic E-state index is 0.113. The summed E-state index contributed by atoms with van der Waals surface area (Å²) in [6.45, 7) is 5.07. The lowest BCUT2D eigenvalue weighted by molar-refractivity contribution is 0.223. The smallest absolute Gasteiger partial charge is 0.0584 e. The largest absolute Gasteiger partial charge is 0.395 e. The van der Waals surface area contributed by atoms with Crippen molar-refractivity contribution >= 4 is 23.2 Å². The van der Waals surface area contributed by atoms with Crippen LogP contribution in [0.3, 0.4) is 0 Å². The maximum Gasteiger partial charge on any atom is 0.0584 e. The standard InChI is InChI=1S/C13H19Cl2NO/c1-9(2)5-12(8-17)16-7-10-3-4-11(14)6-13(10)15/h3-4,6,9,12,16-17H,5,7-8H2,1-2H3. The normalized spacial score (nSPS) is 13.1. The Morgan fingerprint density at radius 2 is 2.00 bits per heavy atom. The van der Waals surface area contributed by atoms with Crippen molar-refractivity contribution in [3.8, 4) is 0 Å². The second-order valence-electron chi connectivity index (χ2n) is 4.63. The summed E-state index contributed by atoms with van der Waals surface area (Å²) in [5.41, 5.74) is 0.998. The molecular formula is C13H19Cl2NO. The van der Waals surface area contributed by atoms with E-state index in [0.29, 0.717) is 22.5 Å². The molecule has 2 N–H and O–H groups in total. The molecule has 0 aromatic heterocycles. The fraction of sp³-hybridized carbons (Fsp3) is 0.538. The van der Waals surface area contributed by atoms with Crippen LogP contribution in [-0.2, 0) is 6.54 Å². The van der Waals surface area contributed by atoms with Crippen molar-refractivity contribution in [2.24, 2.45) is 5.92 Å². The number of nitrogens with one attached hydrogen (secondary N) is 1. The van der Waals surface area contributed by atoms with Crippen LogP contribution in [0, 0.1) is 5.92 Å². The Labute approximate surface area is 113 Å². The summed E-state index contributed by atoms with van der Waals surface area (Å²) in [5.74, 6) is 0.556. The van der Waals surface area contributed by atoms with E-state index in [0.717, 1.165) is 12.0 Å². The van der Waals surface area contributed by atoms with Crippen LogP contribution in [0.2, 0.25) is 10.0 Å². The molecule has 1 rings (SSSR count). The molecule has 0 bridgehead atoms. The topological polar surface area (TPSA) is 32.3 Å². The summed E-state index contributed by atoms with van der Waals surface area (Å²) in [6.07, 6.45) is 0.946. The average molecular weight is 276 g/mol. The molecule has 0 aliphatic carbocycles. The summed E-state index contributed by atoms with van der Waals surface area (Å²) in [6, 6.07) is 5.57. The zero-order valence-corrected chi connectivity index (χ0v) is 11.7. The van der Waals surface area contributed by atoms with E-state index in [9.17, 15) is 5.11 Å². The van der Waals surface area contributed by atoms with Gasteiger partial charge in [0, 0.05) is 22.6 Å². The third-order valence-electron chi connectivity index (χ3n) is 2.57. The van der Waals surface area contributed by atoms with Crippen LogP contribution >= 0.6 is 23.2 Å². The fourth-order valence-corrected chi connectivity index (χ4v) is 2.19. The van der Waals surface area contributed by atoms with Crippen molar-refractivity contribution in [3.63, 3.8) is 0 Å². The predicted molar refractivity (Wildman–Crippen MR) is 73.6 cm³/mol. The highest BCUT2D eigenvalue weighted by Gasteiger charge is 2.10. The van der Waals surface area contributed by atoms with Gasteiger partial charge in [0.25, 0.3) is 0 Å². The molecule has 4 heteroatoms. The molecule has 1 unspecified atom stereocenters. The molecule has 0 amide bonds. The first-order valence-electron chi connectivity index (χ1n) is 5.81. The van der Waals surface area contributed by atoms with Crippen molar-refractivity contribution in [3.05, 3.63) is 33.8 Å². The quantitative estimate of drug-likeness (QED) is 0.833. The fourth-order valence-electron chi connectivity index (χ4n) is 1.71. The van der Waals surface area contributed by atoms with Crippen molar-refractivity contribution in [2.75, 3.05) is 6.61 Å². The van der Waals surface area contributed by atoms with Gasteiger partial charge in [-0.3, -0.25) is 0 Å². The second kappa shape index (κ2) is 7.22. The molecule has 17 heavy (non-hydrogen) atoms. The molecule has 2 nitrogen and oxygen atoms in total. The molecule has 1 aromatic rings. The summed E-state index contributed by atoms with van der Waals surface area (Å²) in [4.78, 5) is 0. The Morgan fingerprint density at radius 3 is 2.53 bits per heavy atom. The molecule has 0 saturated carbocycles. The maximum absolute atomic E-state index is 9.25. The van der Waals surface area contributed by atoms with Gasteiger partial charge in [-0.05, 0) is 30.0 Å². The molecule has 0 aliphatic rings. The molecule has 0 heterocycles. The van der Waals surface area contributed by atoms with Gasteiger partial charge in [0.2, 0.25) is 0 Å². The molecule has 1 atom stereocenters. The van der Waals surface area contributed by atoms with Gasteiger partial charge in [0.05, 0.1) is 6.61 Å². The van der Waals surface area contributed by atoms with Gasteiger partial charge in [-0.2, -0.15) is 0 Å². The average Bonchev–Trinajstić information content (AvgIpc) is 2.25. The SMILES string of the molecule is CC(C)CC(CO)NCc1ccc(Cl)cc1Cl. The maximum atomic E-state index is 9.25. The molecule has 96 valence electrons. The zero-order chi connectivity index (χ0) is 12.8. The predicted octanol–water partition coefficient (Wildman–Crippen LogP) is 3.49. The molecule has 0 radical (unpaired) electrons. The Morgan fingerprint density at radius 1 is 1.29 bits per heavy atom. The summed E-state index contributed by atoms with van der Waals surface area (Å²) in [7, 11) is 0. The first-order valence-corrected chi connectivity index (χ1v) is 6.56. The number of hydrogen-bond donors (Lipinski definition) is 2.